The molecule has 3 rings (SSSR count). The predicted octanol–water partition coefficient (Wildman–Crippen LogP) is 1.65. The first-order valence-corrected chi connectivity index (χ1v) is 8.72. The van der Waals surface area contributed by atoms with Gasteiger partial charge in [0.25, 0.3) is 0 Å². The third-order valence-electron chi connectivity index (χ3n) is 4.39. The van der Waals surface area contributed by atoms with Crippen molar-refractivity contribution in [2.75, 3.05) is 26.8 Å². The molecule has 5 nitrogen and oxygen atoms in total. The van der Waals surface area contributed by atoms with Crippen molar-refractivity contribution in [2.24, 2.45) is 0 Å². The second-order valence-electron chi connectivity index (χ2n) is 5.81. The molecule has 1 spiro atoms. The zero-order valence-corrected chi connectivity index (χ0v) is 13.0. The van der Waals surface area contributed by atoms with Crippen LogP contribution in [0.5, 0.6) is 0 Å². The molecule has 1 aromatic carbocycles. The van der Waals surface area contributed by atoms with Crippen molar-refractivity contribution in [1.29, 1.82) is 0 Å². The Morgan fingerprint density at radius 1 is 1.33 bits per heavy atom. The fourth-order valence-corrected chi connectivity index (χ4v) is 4.82. The lowest BCUT2D eigenvalue weighted by atomic mass is 9.90. The summed E-state index contributed by atoms with van der Waals surface area (Å²) in [5.74, 6) is 0. The fraction of sp³-hybridized carbons (Fsp3) is 0.600. The van der Waals surface area contributed by atoms with Gasteiger partial charge in [-0.25, -0.2) is 8.42 Å². The molecule has 0 aliphatic carbocycles. The lowest BCUT2D eigenvalue weighted by molar-refractivity contribution is -0.0346. The van der Waals surface area contributed by atoms with E-state index >= 15 is 0 Å². The number of piperidine rings is 1. The van der Waals surface area contributed by atoms with Crippen molar-refractivity contribution in [2.45, 2.75) is 35.9 Å². The average molecular weight is 311 g/mol. The molecular formula is C15H21NO4S. The van der Waals surface area contributed by atoms with Crippen molar-refractivity contribution < 1.29 is 17.9 Å². The van der Waals surface area contributed by atoms with E-state index in [1.807, 2.05) is 6.07 Å². The lowest BCUT2D eigenvalue weighted by Crippen LogP contribution is -2.50. The Balaban J connectivity index is 1.81. The summed E-state index contributed by atoms with van der Waals surface area (Å²) < 4.78 is 38.3. The normalized spacial score (nSPS) is 30.8. The van der Waals surface area contributed by atoms with E-state index < -0.39 is 10.0 Å². The third kappa shape index (κ3) is 2.85. The van der Waals surface area contributed by atoms with Crippen LogP contribution in [-0.4, -0.2) is 51.2 Å². The van der Waals surface area contributed by atoms with Crippen LogP contribution in [0, 0.1) is 0 Å². The van der Waals surface area contributed by atoms with E-state index in [1.54, 1.807) is 35.7 Å². The zero-order valence-electron chi connectivity index (χ0n) is 12.2. The summed E-state index contributed by atoms with van der Waals surface area (Å²) in [6.45, 7) is 1.53. The van der Waals surface area contributed by atoms with Crippen molar-refractivity contribution in [3.63, 3.8) is 0 Å². The molecule has 1 aromatic rings. The first-order valence-electron chi connectivity index (χ1n) is 7.28. The summed E-state index contributed by atoms with van der Waals surface area (Å²) in [6, 6.07) is 8.60. The van der Waals surface area contributed by atoms with Crippen molar-refractivity contribution in [3.8, 4) is 0 Å². The molecule has 0 bridgehead atoms. The Morgan fingerprint density at radius 2 is 2.10 bits per heavy atom. The molecule has 21 heavy (non-hydrogen) atoms. The highest BCUT2D eigenvalue weighted by molar-refractivity contribution is 7.89. The highest BCUT2D eigenvalue weighted by atomic mass is 32.2. The Bertz CT molecular complexity index is 589. The predicted molar refractivity (Wildman–Crippen MR) is 78.5 cm³/mol. The van der Waals surface area contributed by atoms with Crippen LogP contribution in [0.1, 0.15) is 19.3 Å². The minimum Gasteiger partial charge on any atom is -0.379 e. The SMILES string of the molecule is CO[C@H]1CO[C@@]2(CCCN(S(=O)(=O)c3ccccc3)C2)C1. The molecule has 0 aromatic heterocycles. The Morgan fingerprint density at radius 3 is 2.76 bits per heavy atom. The van der Waals surface area contributed by atoms with E-state index in [0.717, 1.165) is 19.3 Å². The van der Waals surface area contributed by atoms with Gasteiger partial charge >= 0.3 is 0 Å². The van der Waals surface area contributed by atoms with Gasteiger partial charge in [-0.05, 0) is 25.0 Å². The number of ether oxygens (including phenoxy) is 2. The maximum absolute atomic E-state index is 12.7. The van der Waals surface area contributed by atoms with Crippen LogP contribution in [0.15, 0.2) is 35.2 Å². The van der Waals surface area contributed by atoms with E-state index in [1.165, 1.54) is 0 Å². The maximum atomic E-state index is 12.7. The highest BCUT2D eigenvalue weighted by Gasteiger charge is 2.46. The van der Waals surface area contributed by atoms with Gasteiger partial charge in [-0.1, -0.05) is 18.2 Å². The van der Waals surface area contributed by atoms with Crippen LogP contribution in [0.4, 0.5) is 0 Å². The van der Waals surface area contributed by atoms with Crippen molar-refractivity contribution in [3.05, 3.63) is 30.3 Å². The quantitative estimate of drug-likeness (QED) is 0.851. The topological polar surface area (TPSA) is 55.8 Å². The van der Waals surface area contributed by atoms with Gasteiger partial charge in [-0.2, -0.15) is 4.31 Å². The van der Waals surface area contributed by atoms with Crippen LogP contribution in [0.2, 0.25) is 0 Å². The Kier molecular flexibility index (Phi) is 4.05. The number of nitrogens with zero attached hydrogens (tertiary/aromatic N) is 1. The van der Waals surface area contributed by atoms with E-state index in [-0.39, 0.29) is 11.7 Å². The zero-order chi connectivity index (χ0) is 14.9. The molecule has 2 saturated heterocycles. The Hall–Kier alpha value is -0.950. The van der Waals surface area contributed by atoms with Crippen LogP contribution in [0.25, 0.3) is 0 Å². The summed E-state index contributed by atoms with van der Waals surface area (Å²) in [4.78, 5) is 0.350. The maximum Gasteiger partial charge on any atom is 0.243 e. The summed E-state index contributed by atoms with van der Waals surface area (Å²) in [7, 11) is -1.76. The average Bonchev–Trinajstić information content (AvgIpc) is 2.91. The molecule has 0 amide bonds. The minimum atomic E-state index is -3.44. The molecular weight excluding hydrogens is 290 g/mol. The van der Waals surface area contributed by atoms with E-state index in [9.17, 15) is 8.42 Å². The van der Waals surface area contributed by atoms with Crippen molar-refractivity contribution in [1.82, 2.24) is 4.31 Å². The molecule has 2 aliphatic rings. The van der Waals surface area contributed by atoms with Gasteiger partial charge in [-0.3, -0.25) is 0 Å². The molecule has 116 valence electrons. The second kappa shape index (κ2) is 5.68. The first kappa shape index (κ1) is 15.0. The van der Waals surface area contributed by atoms with Gasteiger partial charge in [0, 0.05) is 26.6 Å². The smallest absolute Gasteiger partial charge is 0.243 e. The Labute approximate surface area is 125 Å². The minimum absolute atomic E-state index is 0.0735. The molecule has 2 aliphatic heterocycles. The standard InChI is InChI=1S/C15H21NO4S/c1-19-13-10-15(20-11-13)8-5-9-16(12-15)21(17,18)14-6-3-2-4-7-14/h2-4,6-7,13H,5,8-12H2,1H3/t13-,15+/m1/s1. The molecule has 2 fully saturated rings. The summed E-state index contributed by atoms with van der Waals surface area (Å²) in [5, 5.41) is 0. The molecule has 2 atom stereocenters. The van der Waals surface area contributed by atoms with Gasteiger partial charge in [-0.15, -0.1) is 0 Å². The molecule has 0 N–H and O–H groups in total. The second-order valence-corrected chi connectivity index (χ2v) is 7.75. The van der Waals surface area contributed by atoms with Crippen LogP contribution >= 0.6 is 0 Å². The summed E-state index contributed by atoms with van der Waals surface area (Å²) in [6.07, 6.45) is 2.56. The molecule has 0 unspecified atom stereocenters. The number of hydrogen-bond donors (Lipinski definition) is 0. The van der Waals surface area contributed by atoms with Crippen LogP contribution < -0.4 is 0 Å². The third-order valence-corrected chi connectivity index (χ3v) is 6.25. The molecule has 2 heterocycles. The first-order chi connectivity index (χ1) is 10.1. The van der Waals surface area contributed by atoms with Gasteiger partial charge in [0.1, 0.15) is 0 Å². The lowest BCUT2D eigenvalue weighted by Gasteiger charge is -2.38. The monoisotopic (exact) mass is 311 g/mol. The molecule has 0 saturated carbocycles. The highest BCUT2D eigenvalue weighted by Crippen LogP contribution is 2.37. The number of methoxy groups -OCH3 is 1. The van der Waals surface area contributed by atoms with Crippen molar-refractivity contribution >= 4 is 10.0 Å². The van der Waals surface area contributed by atoms with E-state index in [0.29, 0.717) is 24.6 Å². The number of rotatable bonds is 3. The van der Waals surface area contributed by atoms with Crippen LogP contribution in [-0.2, 0) is 19.5 Å². The number of hydrogen-bond acceptors (Lipinski definition) is 4. The number of sulfonamides is 1. The largest absolute Gasteiger partial charge is 0.379 e. The summed E-state index contributed by atoms with van der Waals surface area (Å²) in [5.41, 5.74) is -0.374. The van der Waals surface area contributed by atoms with Gasteiger partial charge < -0.3 is 9.47 Å². The molecule has 6 heteroatoms. The van der Waals surface area contributed by atoms with Gasteiger partial charge in [0.2, 0.25) is 10.0 Å². The number of benzene rings is 1. The van der Waals surface area contributed by atoms with E-state index in [2.05, 4.69) is 0 Å². The summed E-state index contributed by atoms with van der Waals surface area (Å²) >= 11 is 0. The van der Waals surface area contributed by atoms with Crippen LogP contribution in [0.3, 0.4) is 0 Å². The van der Waals surface area contributed by atoms with Gasteiger partial charge in [0.05, 0.1) is 23.2 Å². The van der Waals surface area contributed by atoms with E-state index in [4.69, 9.17) is 9.47 Å². The fourth-order valence-electron chi connectivity index (χ4n) is 3.24. The molecule has 0 radical (unpaired) electrons. The van der Waals surface area contributed by atoms with Gasteiger partial charge in [0.15, 0.2) is 0 Å².